The third kappa shape index (κ3) is 11.6. The molecule has 11 N–H and O–H groups in total. The molecule has 17 nitrogen and oxygen atoms in total. The SMILES string of the molecule is C[C@H](NC(=O)[C@H](CCC(=O)O)NC(=O)[C@H](C)NC(=O)[C@@H]1CCCN1C(=O)[C@@H](N)CO)C(=O)N[C@@H](CCCCN)C(=O)O. The lowest BCUT2D eigenvalue weighted by Gasteiger charge is -2.27. The van der Waals surface area contributed by atoms with Crippen LogP contribution < -0.4 is 32.7 Å². The third-order valence-corrected chi connectivity index (χ3v) is 6.70. The van der Waals surface area contributed by atoms with E-state index in [9.17, 15) is 38.7 Å². The van der Waals surface area contributed by atoms with Gasteiger partial charge in [-0.15, -0.1) is 0 Å². The van der Waals surface area contributed by atoms with Gasteiger partial charge in [0.15, 0.2) is 0 Å². The summed E-state index contributed by atoms with van der Waals surface area (Å²) in [6.07, 6.45) is 1.11. The molecule has 42 heavy (non-hydrogen) atoms. The summed E-state index contributed by atoms with van der Waals surface area (Å²) in [5.74, 6) is -6.30. The van der Waals surface area contributed by atoms with Crippen molar-refractivity contribution < 1.29 is 48.9 Å². The molecule has 0 aromatic rings. The summed E-state index contributed by atoms with van der Waals surface area (Å²) in [5, 5.41) is 37.1. The zero-order valence-corrected chi connectivity index (χ0v) is 23.8. The lowest BCUT2D eigenvalue weighted by molar-refractivity contribution is -0.142. The number of carbonyl (C=O) groups excluding carboxylic acids is 5. The molecular weight excluding hydrogens is 558 g/mol. The van der Waals surface area contributed by atoms with Gasteiger partial charge in [-0.3, -0.25) is 28.8 Å². The summed E-state index contributed by atoms with van der Waals surface area (Å²) in [6, 6.07) is -7.15. The number of nitrogens with one attached hydrogen (secondary N) is 4. The van der Waals surface area contributed by atoms with Crippen LogP contribution in [0.25, 0.3) is 0 Å². The number of rotatable bonds is 18. The molecule has 238 valence electrons. The van der Waals surface area contributed by atoms with E-state index in [0.29, 0.717) is 32.2 Å². The lowest BCUT2D eigenvalue weighted by atomic mass is 10.1. The van der Waals surface area contributed by atoms with Crippen LogP contribution in [0.15, 0.2) is 0 Å². The van der Waals surface area contributed by atoms with Gasteiger partial charge < -0.3 is 53.0 Å². The number of aliphatic carboxylic acids is 2. The minimum atomic E-state index is -1.41. The Labute approximate surface area is 243 Å². The van der Waals surface area contributed by atoms with E-state index in [0.717, 1.165) is 0 Å². The van der Waals surface area contributed by atoms with Gasteiger partial charge in [0.1, 0.15) is 36.3 Å². The largest absolute Gasteiger partial charge is 0.481 e. The number of nitrogens with zero attached hydrogens (tertiary/aromatic N) is 1. The van der Waals surface area contributed by atoms with Crippen LogP contribution in [0.2, 0.25) is 0 Å². The van der Waals surface area contributed by atoms with Crippen molar-refractivity contribution in [2.24, 2.45) is 11.5 Å². The van der Waals surface area contributed by atoms with Gasteiger partial charge >= 0.3 is 11.9 Å². The van der Waals surface area contributed by atoms with Gasteiger partial charge in [-0.1, -0.05) is 0 Å². The van der Waals surface area contributed by atoms with Crippen molar-refractivity contribution in [3.8, 4) is 0 Å². The van der Waals surface area contributed by atoms with E-state index in [1.165, 1.54) is 18.7 Å². The first kappa shape index (κ1) is 36.2. The highest BCUT2D eigenvalue weighted by molar-refractivity contribution is 5.96. The Morgan fingerprint density at radius 1 is 0.857 bits per heavy atom. The van der Waals surface area contributed by atoms with Crippen LogP contribution in [-0.2, 0) is 33.6 Å². The molecule has 0 saturated carbocycles. The van der Waals surface area contributed by atoms with Crippen LogP contribution in [0.5, 0.6) is 0 Å². The summed E-state index contributed by atoms with van der Waals surface area (Å²) >= 11 is 0. The molecule has 1 saturated heterocycles. The molecule has 0 bridgehead atoms. The Hall–Kier alpha value is -3.83. The van der Waals surface area contributed by atoms with Crippen molar-refractivity contribution >= 4 is 41.5 Å². The fourth-order valence-electron chi connectivity index (χ4n) is 4.23. The molecule has 6 atom stereocenters. The highest BCUT2D eigenvalue weighted by Crippen LogP contribution is 2.18. The summed E-state index contributed by atoms with van der Waals surface area (Å²) in [5.41, 5.74) is 11.0. The maximum atomic E-state index is 12.9. The molecule has 1 aliphatic rings. The molecular formula is C25H43N7O10. The Bertz CT molecular complexity index is 995. The number of hydrogen-bond donors (Lipinski definition) is 9. The first-order valence-corrected chi connectivity index (χ1v) is 13.8. The molecule has 0 aromatic carbocycles. The summed E-state index contributed by atoms with van der Waals surface area (Å²) in [6.45, 7) is 2.62. The number of likely N-dealkylation sites (tertiary alicyclic amines) is 1. The highest BCUT2D eigenvalue weighted by Gasteiger charge is 2.37. The molecule has 0 aromatic heterocycles. The number of hydrogen-bond acceptors (Lipinski definition) is 10. The van der Waals surface area contributed by atoms with E-state index < -0.39 is 90.8 Å². The van der Waals surface area contributed by atoms with Gasteiger partial charge in [-0.25, -0.2) is 4.79 Å². The highest BCUT2D eigenvalue weighted by atomic mass is 16.4. The van der Waals surface area contributed by atoms with Crippen molar-refractivity contribution in [3.05, 3.63) is 0 Å². The van der Waals surface area contributed by atoms with Crippen molar-refractivity contribution in [2.75, 3.05) is 19.7 Å². The minimum Gasteiger partial charge on any atom is -0.481 e. The average molecular weight is 602 g/mol. The third-order valence-electron chi connectivity index (χ3n) is 6.70. The van der Waals surface area contributed by atoms with Gasteiger partial charge in [-0.2, -0.15) is 0 Å². The molecule has 5 amide bonds. The Morgan fingerprint density at radius 3 is 2.00 bits per heavy atom. The van der Waals surface area contributed by atoms with E-state index in [1.807, 2.05) is 0 Å². The minimum absolute atomic E-state index is 0.126. The predicted molar refractivity (Wildman–Crippen MR) is 146 cm³/mol. The lowest BCUT2D eigenvalue weighted by Crippen LogP contribution is -2.58. The second-order valence-corrected chi connectivity index (χ2v) is 10.1. The van der Waals surface area contributed by atoms with Gasteiger partial charge in [0.25, 0.3) is 0 Å². The zero-order valence-electron chi connectivity index (χ0n) is 23.8. The standard InChI is InChI=1S/C25H43N7O10/c1-13(21(37)31-17(25(41)42)6-3-4-10-26)28-22(38)16(8-9-19(34)35)30-20(36)14(2)29-23(39)18-7-5-11-32(18)24(40)15(27)12-33/h13-18,33H,3-12,26-27H2,1-2H3,(H,28,38)(H,29,39)(H,30,36)(H,31,37)(H,34,35)(H,41,42)/t13-,14-,15-,16-,17-,18-/m0/s1. The van der Waals surface area contributed by atoms with Gasteiger partial charge in [-0.05, 0) is 58.9 Å². The van der Waals surface area contributed by atoms with Gasteiger partial charge in [0.05, 0.1) is 6.61 Å². The van der Waals surface area contributed by atoms with Crippen molar-refractivity contribution in [2.45, 2.75) is 95.0 Å². The van der Waals surface area contributed by atoms with Gasteiger partial charge in [0, 0.05) is 13.0 Å². The monoisotopic (exact) mass is 601 g/mol. The van der Waals surface area contributed by atoms with Crippen LogP contribution in [-0.4, -0.2) is 118 Å². The smallest absolute Gasteiger partial charge is 0.326 e. The van der Waals surface area contributed by atoms with Crippen LogP contribution in [0.4, 0.5) is 0 Å². The number of nitrogens with two attached hydrogens (primary N) is 2. The first-order valence-electron chi connectivity index (χ1n) is 13.8. The maximum absolute atomic E-state index is 12.9. The number of aliphatic hydroxyl groups is 1. The quantitative estimate of drug-likeness (QED) is 0.0688. The van der Waals surface area contributed by atoms with Crippen LogP contribution >= 0.6 is 0 Å². The Balaban J connectivity index is 2.84. The van der Waals surface area contributed by atoms with Crippen LogP contribution in [0, 0.1) is 0 Å². The van der Waals surface area contributed by atoms with Crippen LogP contribution in [0.3, 0.4) is 0 Å². The fraction of sp³-hybridized carbons (Fsp3) is 0.720. The maximum Gasteiger partial charge on any atom is 0.326 e. The Morgan fingerprint density at radius 2 is 1.45 bits per heavy atom. The Kier molecular flexibility index (Phi) is 15.4. The average Bonchev–Trinajstić information content (AvgIpc) is 3.43. The van der Waals surface area contributed by atoms with Crippen molar-refractivity contribution in [1.82, 2.24) is 26.2 Å². The molecule has 0 spiro atoms. The van der Waals surface area contributed by atoms with E-state index in [-0.39, 0.29) is 19.4 Å². The normalized spacial score (nSPS) is 18.1. The van der Waals surface area contributed by atoms with E-state index in [4.69, 9.17) is 21.7 Å². The molecule has 1 rings (SSSR count). The summed E-state index contributed by atoms with van der Waals surface area (Å²) < 4.78 is 0. The summed E-state index contributed by atoms with van der Waals surface area (Å²) in [7, 11) is 0. The fourth-order valence-corrected chi connectivity index (χ4v) is 4.23. The number of carboxylic acid groups (broad SMARTS) is 2. The number of amides is 5. The molecule has 1 fully saturated rings. The molecule has 0 aliphatic carbocycles. The molecule has 1 heterocycles. The second kappa shape index (κ2) is 17.9. The van der Waals surface area contributed by atoms with Crippen molar-refractivity contribution in [3.63, 3.8) is 0 Å². The molecule has 0 unspecified atom stereocenters. The molecule has 17 heteroatoms. The second-order valence-electron chi connectivity index (χ2n) is 10.1. The topological polar surface area (TPSA) is 284 Å². The van der Waals surface area contributed by atoms with E-state index in [1.54, 1.807) is 0 Å². The number of carboxylic acids is 2. The first-order chi connectivity index (χ1) is 19.7. The van der Waals surface area contributed by atoms with E-state index >= 15 is 0 Å². The number of carbonyl (C=O) groups is 7. The van der Waals surface area contributed by atoms with Gasteiger partial charge in [0.2, 0.25) is 29.5 Å². The predicted octanol–water partition coefficient (Wildman–Crippen LogP) is -3.65. The zero-order chi connectivity index (χ0) is 32.0. The van der Waals surface area contributed by atoms with Crippen LogP contribution in [0.1, 0.15) is 58.8 Å². The number of unbranched alkanes of at least 4 members (excludes halogenated alkanes) is 1. The van der Waals surface area contributed by atoms with Crippen molar-refractivity contribution in [1.29, 1.82) is 0 Å². The molecule has 1 aliphatic heterocycles. The molecule has 0 radical (unpaired) electrons. The summed E-state index contributed by atoms with van der Waals surface area (Å²) in [4.78, 5) is 87.3. The van der Waals surface area contributed by atoms with E-state index in [2.05, 4.69) is 21.3 Å². The number of aliphatic hydroxyl groups excluding tert-OH is 1.